The third-order valence-corrected chi connectivity index (χ3v) is 6.83. The zero-order valence-electron chi connectivity index (χ0n) is 23.6. The van der Waals surface area contributed by atoms with Gasteiger partial charge in [-0.2, -0.15) is 0 Å². The quantitative estimate of drug-likeness (QED) is 0.215. The van der Waals surface area contributed by atoms with E-state index in [1.807, 2.05) is 0 Å². The molecule has 0 bridgehead atoms. The molecule has 0 aliphatic heterocycles. The summed E-state index contributed by atoms with van der Waals surface area (Å²) in [5.41, 5.74) is 6.91. The molecule has 1 atom stereocenters. The molecule has 16 heteroatoms. The van der Waals surface area contributed by atoms with E-state index in [9.17, 15) is 9.59 Å². The first-order valence-electron chi connectivity index (χ1n) is 13.1. The van der Waals surface area contributed by atoms with Crippen LogP contribution in [0.2, 0.25) is 0 Å². The lowest BCUT2D eigenvalue weighted by Gasteiger charge is -2.33. The van der Waals surface area contributed by atoms with Crippen molar-refractivity contribution in [1.29, 1.82) is 0 Å². The van der Waals surface area contributed by atoms with Crippen molar-refractivity contribution in [3.05, 3.63) is 107 Å². The van der Waals surface area contributed by atoms with Crippen LogP contribution >= 0.6 is 0 Å². The Labute approximate surface area is 270 Å². The fraction of sp³-hybridized carbons (Fsp3) is 0.179. The Morgan fingerprint density at radius 2 is 1.39 bits per heavy atom. The van der Waals surface area contributed by atoms with E-state index in [-0.39, 0.29) is 22.3 Å². The number of anilines is 1. The van der Waals surface area contributed by atoms with Crippen LogP contribution in [0.15, 0.2) is 79.1 Å². The number of nitrogens with two attached hydrogens (primary N) is 1. The number of hydrogen-bond donors (Lipinski definition) is 2. The maximum absolute atomic E-state index is 13.3. The van der Waals surface area contributed by atoms with E-state index in [4.69, 9.17) is 88.9 Å². The molecule has 0 aliphatic carbocycles. The van der Waals surface area contributed by atoms with Crippen LogP contribution in [-0.4, -0.2) is 101 Å². The van der Waals surface area contributed by atoms with Gasteiger partial charge in [0.1, 0.15) is 15.7 Å². The molecule has 1 amide bonds. The van der Waals surface area contributed by atoms with E-state index in [0.29, 0.717) is 11.3 Å². The molecule has 4 aromatic rings. The lowest BCUT2D eigenvalue weighted by Crippen LogP contribution is -2.51. The van der Waals surface area contributed by atoms with Crippen LogP contribution in [-0.2, 0) is 25.2 Å². The van der Waals surface area contributed by atoms with Crippen molar-refractivity contribution in [1.82, 2.24) is 4.98 Å². The summed E-state index contributed by atoms with van der Waals surface area (Å²) < 4.78 is 5.40. The van der Waals surface area contributed by atoms with Gasteiger partial charge in [0, 0.05) is 23.5 Å². The number of pyridine rings is 1. The van der Waals surface area contributed by atoms with Gasteiger partial charge in [-0.15, -0.1) is 10.2 Å². The standard InChI is InChI=1S/C28H17B10N3O3/c29-25(30,31)18-6-8-20(21(12-18)26(32,33)34)24(43)44-28(37,38)17-4-1-14(2-5-17)22(27(35,36)39)23(42)41-19-7-3-16-13-40-10-9-15(16)11-19/h1-13,22H,39H2,(H,41,42)/t22-/m1/s1. The molecule has 0 aliphatic rings. The molecular formula is C28H17B10N3O3. The Bertz CT molecular complexity index is 1700. The number of amides is 1. The molecule has 0 saturated carbocycles. The van der Waals surface area contributed by atoms with Gasteiger partial charge < -0.3 is 15.8 Å². The topological polar surface area (TPSA) is 94.3 Å². The summed E-state index contributed by atoms with van der Waals surface area (Å²) in [6.45, 7) is 0. The number of hydrogen-bond acceptors (Lipinski definition) is 5. The molecule has 4 rings (SSSR count). The fourth-order valence-corrected chi connectivity index (χ4v) is 4.60. The molecular weight excluding hydrogens is 534 g/mol. The summed E-state index contributed by atoms with van der Waals surface area (Å²) in [5, 5.41) is -3.38. The first-order valence-corrected chi connectivity index (χ1v) is 13.1. The monoisotopic (exact) mass is 553 g/mol. The number of carbonyl (C=O) groups excluding carboxylic acids is 2. The molecule has 3 N–H and O–H groups in total. The number of fused-ring (bicyclic) bond motifs is 1. The average molecular weight is 552 g/mol. The number of carbonyl (C=O) groups is 2. The number of ether oxygens (including phenoxy) is 1. The SMILES string of the molecule is [B]C([B])([B])c1ccc(C(=O)OC([B])([B])c2ccc([C@H](C(=O)Nc3ccc4cnccc4c3)C([B])([B])N)cc2)c(C([B])([B])[B])c1. The van der Waals surface area contributed by atoms with Gasteiger partial charge in [0.05, 0.1) is 79.7 Å². The third kappa shape index (κ3) is 7.63. The molecule has 0 unspecified atom stereocenters. The number of rotatable bonds is 9. The minimum absolute atomic E-state index is 0.0843. The number of aromatic nitrogens is 1. The maximum atomic E-state index is 13.3. The van der Waals surface area contributed by atoms with Gasteiger partial charge in [-0.25, -0.2) is 4.79 Å². The Morgan fingerprint density at radius 3 is 1.98 bits per heavy atom. The highest BCUT2D eigenvalue weighted by Gasteiger charge is 2.34. The van der Waals surface area contributed by atoms with Crippen molar-refractivity contribution >= 4 is 107 Å². The van der Waals surface area contributed by atoms with Crippen molar-refractivity contribution in [3.8, 4) is 0 Å². The highest BCUT2D eigenvalue weighted by molar-refractivity contribution is 6.60. The Balaban J connectivity index is 1.57. The lowest BCUT2D eigenvalue weighted by atomic mass is 9.37. The summed E-state index contributed by atoms with van der Waals surface area (Å²) in [7, 11) is 59.2. The molecule has 0 fully saturated rings. The number of esters is 1. The molecule has 1 heterocycles. The molecule has 0 spiro atoms. The van der Waals surface area contributed by atoms with Gasteiger partial charge in [0.25, 0.3) is 0 Å². The maximum Gasteiger partial charge on any atom is 0.337 e. The summed E-state index contributed by atoms with van der Waals surface area (Å²) in [5.74, 6) is -2.81. The number of nitrogens with one attached hydrogen (secondary N) is 1. The minimum Gasteiger partial charge on any atom is -0.471 e. The predicted octanol–water partition coefficient (Wildman–Crippen LogP) is -0.557. The molecule has 192 valence electrons. The Hall–Kier alpha value is -3.38. The average Bonchev–Trinajstić information content (AvgIpc) is 2.91. The second-order valence-corrected chi connectivity index (χ2v) is 10.8. The fourth-order valence-electron chi connectivity index (χ4n) is 4.60. The van der Waals surface area contributed by atoms with Crippen molar-refractivity contribution in [2.45, 2.75) is 26.9 Å². The van der Waals surface area contributed by atoms with Crippen LogP contribution in [0.1, 0.15) is 38.5 Å². The van der Waals surface area contributed by atoms with Gasteiger partial charge >= 0.3 is 5.97 Å². The van der Waals surface area contributed by atoms with Gasteiger partial charge in [-0.3, -0.25) is 9.78 Å². The van der Waals surface area contributed by atoms with E-state index in [1.54, 1.807) is 36.7 Å². The second-order valence-electron chi connectivity index (χ2n) is 10.8. The molecule has 6 nitrogen and oxygen atoms in total. The lowest BCUT2D eigenvalue weighted by molar-refractivity contribution is -0.117. The van der Waals surface area contributed by atoms with Crippen LogP contribution < -0.4 is 11.1 Å². The van der Waals surface area contributed by atoms with E-state index in [0.717, 1.165) is 10.8 Å². The predicted molar refractivity (Wildman–Crippen MR) is 181 cm³/mol. The minimum atomic E-state index is -2.17. The second kappa shape index (κ2) is 12.2. The molecule has 1 aromatic heterocycles. The zero-order valence-corrected chi connectivity index (χ0v) is 23.6. The normalized spacial score (nSPS) is 13.2. The van der Waals surface area contributed by atoms with Gasteiger partial charge in [-0.05, 0) is 46.1 Å². The molecule has 44 heavy (non-hydrogen) atoms. The summed E-state index contributed by atoms with van der Waals surface area (Å²) in [6.07, 6.45) is 3.34. The number of nitrogens with zero attached hydrogens (tertiary/aromatic N) is 1. The largest absolute Gasteiger partial charge is 0.471 e. The summed E-state index contributed by atoms with van der Waals surface area (Å²) in [6, 6.07) is 16.8. The van der Waals surface area contributed by atoms with E-state index in [1.165, 1.54) is 42.5 Å². The van der Waals surface area contributed by atoms with Crippen LogP contribution in [0.25, 0.3) is 10.8 Å². The Morgan fingerprint density at radius 1 is 0.750 bits per heavy atom. The Kier molecular flexibility index (Phi) is 9.29. The van der Waals surface area contributed by atoms with Crippen LogP contribution in [0.5, 0.6) is 0 Å². The van der Waals surface area contributed by atoms with Crippen LogP contribution in [0.3, 0.4) is 0 Å². The smallest absolute Gasteiger partial charge is 0.337 e. The van der Waals surface area contributed by atoms with Crippen molar-refractivity contribution in [2.75, 3.05) is 5.32 Å². The van der Waals surface area contributed by atoms with Crippen molar-refractivity contribution in [2.24, 2.45) is 5.73 Å². The van der Waals surface area contributed by atoms with Crippen molar-refractivity contribution in [3.63, 3.8) is 0 Å². The number of benzene rings is 3. The van der Waals surface area contributed by atoms with Gasteiger partial charge in [0.2, 0.25) is 5.91 Å². The van der Waals surface area contributed by atoms with E-state index in [2.05, 4.69) is 10.3 Å². The van der Waals surface area contributed by atoms with Crippen LogP contribution in [0.4, 0.5) is 5.69 Å². The van der Waals surface area contributed by atoms with Gasteiger partial charge in [-0.1, -0.05) is 53.6 Å². The van der Waals surface area contributed by atoms with E-state index < -0.39 is 38.8 Å². The first-order chi connectivity index (χ1) is 20.3. The molecule has 20 radical (unpaired) electrons. The van der Waals surface area contributed by atoms with Gasteiger partial charge in [0.15, 0.2) is 0 Å². The summed E-state index contributed by atoms with van der Waals surface area (Å²) >= 11 is 0. The first kappa shape index (κ1) is 33.5. The highest BCUT2D eigenvalue weighted by Crippen LogP contribution is 2.30. The highest BCUT2D eigenvalue weighted by atomic mass is 16.5. The van der Waals surface area contributed by atoms with Crippen LogP contribution in [0, 0.1) is 0 Å². The zero-order chi connectivity index (χ0) is 32.7. The third-order valence-electron chi connectivity index (χ3n) is 6.83. The molecule has 0 saturated heterocycles. The molecule has 3 aromatic carbocycles. The summed E-state index contributed by atoms with van der Waals surface area (Å²) in [4.78, 5) is 30.6. The van der Waals surface area contributed by atoms with E-state index >= 15 is 0 Å². The van der Waals surface area contributed by atoms with Crippen molar-refractivity contribution < 1.29 is 14.3 Å².